The van der Waals surface area contributed by atoms with Gasteiger partial charge in [0.1, 0.15) is 16.9 Å². The molecule has 2 aliphatic carbocycles. The third kappa shape index (κ3) is 7.70. The van der Waals surface area contributed by atoms with E-state index in [0.29, 0.717) is 48.7 Å². The lowest BCUT2D eigenvalue weighted by Gasteiger charge is -2.28. The summed E-state index contributed by atoms with van der Waals surface area (Å²) in [6.45, 7) is 0.738. The van der Waals surface area contributed by atoms with Crippen LogP contribution < -0.4 is 0 Å². The number of allylic oxidation sites excluding steroid dienone is 1. The van der Waals surface area contributed by atoms with Crippen LogP contribution in [0.15, 0.2) is 45.9 Å². The highest BCUT2D eigenvalue weighted by atomic mass is 35.5. The van der Waals surface area contributed by atoms with Crippen LogP contribution in [0.2, 0.25) is 5.02 Å². The van der Waals surface area contributed by atoms with E-state index in [9.17, 15) is 23.9 Å². The molecule has 2 aromatic rings. The first kappa shape index (κ1) is 34.7. The second kappa shape index (κ2) is 15.6. The minimum absolute atomic E-state index is 0.0378. The van der Waals surface area contributed by atoms with Crippen molar-refractivity contribution in [3.63, 3.8) is 0 Å². The van der Waals surface area contributed by atoms with Gasteiger partial charge < -0.3 is 14.7 Å². The number of hydrogen-bond donors (Lipinski definition) is 1. The minimum Gasteiger partial charge on any atom is -0.481 e. The van der Waals surface area contributed by atoms with Crippen molar-refractivity contribution in [1.29, 1.82) is 0 Å². The third-order valence-electron chi connectivity index (χ3n) is 11.1. The molecule has 0 radical (unpaired) electrons. The maximum absolute atomic E-state index is 14.2. The predicted molar refractivity (Wildman–Crippen MR) is 184 cm³/mol. The molecular formula is C37H45ClFN3O5S. The van der Waals surface area contributed by atoms with E-state index in [0.717, 1.165) is 87.0 Å². The Morgan fingerprint density at radius 1 is 1.08 bits per heavy atom. The number of hydrogen-bond acceptors (Lipinski definition) is 7. The summed E-state index contributed by atoms with van der Waals surface area (Å²) in [5.74, 6) is -1.05. The van der Waals surface area contributed by atoms with Gasteiger partial charge in [0.2, 0.25) is 5.91 Å². The highest BCUT2D eigenvalue weighted by molar-refractivity contribution is 7.11. The van der Waals surface area contributed by atoms with Gasteiger partial charge in [-0.15, -0.1) is 11.3 Å². The number of halogens is 2. The number of likely N-dealkylation sites (tertiary alicyclic amines) is 1. The number of fused-ring (bicyclic) bond motifs is 1. The molecule has 3 unspecified atom stereocenters. The number of aliphatic carboxylic acids is 1. The summed E-state index contributed by atoms with van der Waals surface area (Å²) in [6.07, 6.45) is 13.5. The van der Waals surface area contributed by atoms with Gasteiger partial charge in [-0.25, -0.2) is 14.2 Å². The molecule has 1 aromatic heterocycles. The summed E-state index contributed by atoms with van der Waals surface area (Å²) in [5.41, 5.74) is 2.90. The molecule has 11 heteroatoms. The van der Waals surface area contributed by atoms with E-state index in [2.05, 4.69) is 4.98 Å². The standard InChI is InChI=1S/C37H45ClFN3O5S/c1-47-37(46)32-23(8-5-11-31(34-40-16-17-48-34)41-33(32)29-15-13-26(39)20-30(29)38)18-22-6-2-3-10-28-25(9-4-7-22)21-42(35(28)43)27-14-12-24(19-27)36(44)45/h13,15-17,20,22,24-25,27-28,33H,2-12,14,18-19,21H2,1H3,(H,44,45)/t22-,24?,25-,27?,28?,33-/m0/s1. The number of carboxylic acid groups (broad SMARTS) is 1. The molecule has 258 valence electrons. The van der Waals surface area contributed by atoms with E-state index < -0.39 is 23.8 Å². The molecule has 3 fully saturated rings. The Morgan fingerprint density at radius 3 is 2.62 bits per heavy atom. The van der Waals surface area contributed by atoms with Gasteiger partial charge in [0.15, 0.2) is 0 Å². The molecule has 0 spiro atoms. The number of carbonyl (C=O) groups is 3. The van der Waals surface area contributed by atoms with Crippen LogP contribution in [0.3, 0.4) is 0 Å². The number of nitrogens with zero attached hydrogens (tertiary/aromatic N) is 3. The van der Waals surface area contributed by atoms with Crippen molar-refractivity contribution in [2.24, 2.45) is 28.7 Å². The molecule has 48 heavy (non-hydrogen) atoms. The van der Waals surface area contributed by atoms with Crippen LogP contribution in [0.1, 0.15) is 107 Å². The summed E-state index contributed by atoms with van der Waals surface area (Å²) in [4.78, 5) is 50.4. The maximum Gasteiger partial charge on any atom is 0.336 e. The quantitative estimate of drug-likeness (QED) is 0.292. The Kier molecular flexibility index (Phi) is 11.3. The molecule has 0 bridgehead atoms. The zero-order valence-corrected chi connectivity index (χ0v) is 29.1. The molecule has 1 saturated heterocycles. The Hall–Kier alpha value is -3.11. The smallest absolute Gasteiger partial charge is 0.336 e. The van der Waals surface area contributed by atoms with E-state index in [-0.39, 0.29) is 28.8 Å². The van der Waals surface area contributed by atoms with E-state index in [1.807, 2.05) is 10.3 Å². The fraction of sp³-hybridized carbons (Fsp3) is 0.595. The number of aromatic nitrogens is 1. The number of methoxy groups -OCH3 is 1. The number of aliphatic imine (C=N–C) groups is 1. The van der Waals surface area contributed by atoms with Crippen molar-refractivity contribution in [2.75, 3.05) is 13.7 Å². The van der Waals surface area contributed by atoms with E-state index in [1.165, 1.54) is 30.6 Å². The zero-order chi connectivity index (χ0) is 33.8. The summed E-state index contributed by atoms with van der Waals surface area (Å²) < 4.78 is 19.6. The monoisotopic (exact) mass is 697 g/mol. The second-order valence-corrected chi connectivity index (χ2v) is 15.3. The van der Waals surface area contributed by atoms with Crippen LogP contribution in [0.5, 0.6) is 0 Å². The SMILES string of the molecule is COC(=O)C1=C(C[C@H]2CCCCC3C(=O)N(C4CCC(C(=O)O)C4)C[C@@H]3CCC2)CCCC(c2nccs2)=N[C@H]1c1ccc(F)cc1Cl. The summed E-state index contributed by atoms with van der Waals surface area (Å²) >= 11 is 8.13. The molecular weight excluding hydrogens is 653 g/mol. The molecule has 6 rings (SSSR count). The number of amides is 1. The molecule has 1 aromatic carbocycles. The number of esters is 1. The van der Waals surface area contributed by atoms with Gasteiger partial charge in [-0.1, -0.05) is 55.3 Å². The van der Waals surface area contributed by atoms with Crippen LogP contribution in [-0.4, -0.2) is 58.2 Å². The highest BCUT2D eigenvalue weighted by Crippen LogP contribution is 2.43. The lowest BCUT2D eigenvalue weighted by Crippen LogP contribution is -2.36. The van der Waals surface area contributed by atoms with Gasteiger partial charge in [-0.2, -0.15) is 0 Å². The first-order chi connectivity index (χ1) is 23.2. The average molecular weight is 698 g/mol. The fourth-order valence-corrected chi connectivity index (χ4v) is 9.56. The van der Waals surface area contributed by atoms with Crippen molar-refractivity contribution >= 4 is 46.5 Å². The highest BCUT2D eigenvalue weighted by Gasteiger charge is 2.45. The molecule has 8 nitrogen and oxygen atoms in total. The normalized spacial score (nSPS) is 28.8. The number of rotatable bonds is 7. The van der Waals surface area contributed by atoms with Crippen LogP contribution in [0, 0.1) is 29.5 Å². The molecule has 2 aliphatic heterocycles. The minimum atomic E-state index is -0.747. The average Bonchev–Trinajstić information content (AvgIpc) is 3.82. The second-order valence-electron chi connectivity index (χ2n) is 14.0. The number of thiazole rings is 1. The lowest BCUT2D eigenvalue weighted by atomic mass is 9.79. The van der Waals surface area contributed by atoms with Gasteiger partial charge in [0.05, 0.1) is 24.3 Å². The Bertz CT molecular complexity index is 1560. The Balaban J connectivity index is 1.23. The van der Waals surface area contributed by atoms with Gasteiger partial charge >= 0.3 is 11.9 Å². The fourth-order valence-electron chi connectivity index (χ4n) is 8.63. The summed E-state index contributed by atoms with van der Waals surface area (Å²) in [6, 6.07) is 3.55. The van der Waals surface area contributed by atoms with E-state index >= 15 is 0 Å². The molecule has 4 aliphatic rings. The summed E-state index contributed by atoms with van der Waals surface area (Å²) in [5, 5.41) is 12.4. The van der Waals surface area contributed by atoms with Crippen molar-refractivity contribution in [1.82, 2.24) is 9.88 Å². The van der Waals surface area contributed by atoms with Gasteiger partial charge in [-0.3, -0.25) is 14.6 Å². The number of carboxylic acids is 1. The van der Waals surface area contributed by atoms with E-state index in [4.69, 9.17) is 21.3 Å². The van der Waals surface area contributed by atoms with Crippen LogP contribution in [0.25, 0.3) is 0 Å². The first-order valence-electron chi connectivity index (χ1n) is 17.5. The molecule has 1 N–H and O–H groups in total. The lowest BCUT2D eigenvalue weighted by molar-refractivity contribution is -0.142. The van der Waals surface area contributed by atoms with Crippen molar-refractivity contribution in [2.45, 2.75) is 102 Å². The largest absolute Gasteiger partial charge is 0.481 e. The van der Waals surface area contributed by atoms with Gasteiger partial charge in [0, 0.05) is 40.7 Å². The summed E-state index contributed by atoms with van der Waals surface area (Å²) in [7, 11) is 1.39. The molecule has 6 atom stereocenters. The van der Waals surface area contributed by atoms with Crippen LogP contribution in [-0.2, 0) is 19.1 Å². The van der Waals surface area contributed by atoms with Crippen molar-refractivity contribution in [3.05, 3.63) is 62.3 Å². The van der Waals surface area contributed by atoms with Crippen LogP contribution in [0.4, 0.5) is 4.39 Å². The molecule has 3 heterocycles. The van der Waals surface area contributed by atoms with E-state index in [1.54, 1.807) is 12.3 Å². The predicted octanol–water partition coefficient (Wildman–Crippen LogP) is 8.20. The number of carbonyl (C=O) groups excluding carboxylic acids is 2. The third-order valence-corrected chi connectivity index (χ3v) is 12.2. The number of benzene rings is 1. The topological polar surface area (TPSA) is 109 Å². The van der Waals surface area contributed by atoms with Gasteiger partial charge in [-0.05, 0) is 81.8 Å². The van der Waals surface area contributed by atoms with Crippen LogP contribution >= 0.6 is 22.9 Å². The maximum atomic E-state index is 14.2. The zero-order valence-electron chi connectivity index (χ0n) is 27.5. The number of ether oxygens (including phenoxy) is 1. The van der Waals surface area contributed by atoms with Crippen molar-refractivity contribution in [3.8, 4) is 0 Å². The Labute approximate surface area is 290 Å². The van der Waals surface area contributed by atoms with Gasteiger partial charge in [0.25, 0.3) is 0 Å². The van der Waals surface area contributed by atoms with Crippen molar-refractivity contribution < 1.29 is 28.6 Å². The first-order valence-corrected chi connectivity index (χ1v) is 18.7. The molecule has 1 amide bonds. The molecule has 2 saturated carbocycles. The Morgan fingerprint density at radius 2 is 1.90 bits per heavy atom.